The van der Waals surface area contributed by atoms with Gasteiger partial charge in [0.1, 0.15) is 5.65 Å². The average molecular weight is 218 g/mol. The topological polar surface area (TPSA) is 37.5 Å². The van der Waals surface area contributed by atoms with Gasteiger partial charge < -0.3 is 9.51 Å². The third kappa shape index (κ3) is 1.83. The van der Waals surface area contributed by atoms with E-state index in [1.165, 1.54) is 5.69 Å². The Morgan fingerprint density at radius 3 is 2.62 bits per heavy atom. The molecule has 2 aromatic heterocycles. The molecule has 0 saturated carbocycles. The summed E-state index contributed by atoms with van der Waals surface area (Å²) in [6.07, 6.45) is 3.44. The van der Waals surface area contributed by atoms with Crippen LogP contribution in [0.3, 0.4) is 0 Å². The van der Waals surface area contributed by atoms with Gasteiger partial charge in [-0.05, 0) is 24.6 Å². The SMILES string of the molecule is CC(O)c1ccn2c(C(C)(C)C)cnc2c1. The maximum atomic E-state index is 9.51. The fraction of sp³-hybridized carbons (Fsp3) is 0.462. The first kappa shape index (κ1) is 11.1. The summed E-state index contributed by atoms with van der Waals surface area (Å²) in [6.45, 7) is 8.26. The summed E-state index contributed by atoms with van der Waals surface area (Å²) in [5, 5.41) is 9.51. The second kappa shape index (κ2) is 3.59. The van der Waals surface area contributed by atoms with Crippen molar-refractivity contribution in [3.8, 4) is 0 Å². The minimum atomic E-state index is -0.445. The van der Waals surface area contributed by atoms with Crippen LogP contribution in [0.5, 0.6) is 0 Å². The van der Waals surface area contributed by atoms with Crippen molar-refractivity contribution in [3.63, 3.8) is 0 Å². The zero-order chi connectivity index (χ0) is 11.9. The van der Waals surface area contributed by atoms with Crippen LogP contribution in [-0.2, 0) is 5.41 Å². The van der Waals surface area contributed by atoms with Gasteiger partial charge in [0.15, 0.2) is 0 Å². The fourth-order valence-corrected chi connectivity index (χ4v) is 1.81. The Labute approximate surface area is 95.8 Å². The van der Waals surface area contributed by atoms with Gasteiger partial charge in [0.25, 0.3) is 0 Å². The van der Waals surface area contributed by atoms with Crippen molar-refractivity contribution in [2.45, 2.75) is 39.2 Å². The van der Waals surface area contributed by atoms with Crippen molar-refractivity contribution < 1.29 is 5.11 Å². The number of aliphatic hydroxyl groups is 1. The molecule has 0 bridgehead atoms. The fourth-order valence-electron chi connectivity index (χ4n) is 1.81. The number of imidazole rings is 1. The minimum Gasteiger partial charge on any atom is -0.389 e. The maximum Gasteiger partial charge on any atom is 0.137 e. The van der Waals surface area contributed by atoms with E-state index in [9.17, 15) is 5.11 Å². The van der Waals surface area contributed by atoms with Crippen LogP contribution >= 0.6 is 0 Å². The van der Waals surface area contributed by atoms with Crippen LogP contribution in [0.15, 0.2) is 24.5 Å². The molecular formula is C13H18N2O. The van der Waals surface area contributed by atoms with E-state index < -0.39 is 6.10 Å². The second-order valence-corrected chi connectivity index (χ2v) is 5.26. The van der Waals surface area contributed by atoms with Crippen LogP contribution in [0.1, 0.15) is 45.1 Å². The van der Waals surface area contributed by atoms with Gasteiger partial charge in [-0.15, -0.1) is 0 Å². The van der Waals surface area contributed by atoms with Gasteiger partial charge in [0.2, 0.25) is 0 Å². The molecule has 1 N–H and O–H groups in total. The highest BCUT2D eigenvalue weighted by molar-refractivity contribution is 5.45. The molecule has 0 aliphatic heterocycles. The Morgan fingerprint density at radius 1 is 1.38 bits per heavy atom. The molecule has 3 heteroatoms. The second-order valence-electron chi connectivity index (χ2n) is 5.26. The molecule has 0 amide bonds. The normalized spacial score (nSPS) is 14.3. The van der Waals surface area contributed by atoms with Crippen LogP contribution in [-0.4, -0.2) is 14.5 Å². The maximum absolute atomic E-state index is 9.51. The van der Waals surface area contributed by atoms with Crippen LogP contribution in [0.2, 0.25) is 0 Å². The van der Waals surface area contributed by atoms with E-state index >= 15 is 0 Å². The highest BCUT2D eigenvalue weighted by Crippen LogP contribution is 2.24. The lowest BCUT2D eigenvalue weighted by atomic mass is 9.93. The molecule has 0 fully saturated rings. The Kier molecular flexibility index (Phi) is 2.50. The van der Waals surface area contributed by atoms with Gasteiger partial charge in [-0.25, -0.2) is 4.98 Å². The summed E-state index contributed by atoms with van der Waals surface area (Å²) in [4.78, 5) is 4.38. The van der Waals surface area contributed by atoms with E-state index in [-0.39, 0.29) is 5.41 Å². The van der Waals surface area contributed by atoms with Gasteiger partial charge >= 0.3 is 0 Å². The van der Waals surface area contributed by atoms with E-state index in [2.05, 4.69) is 30.2 Å². The van der Waals surface area contributed by atoms with Crippen LogP contribution in [0, 0.1) is 0 Å². The number of nitrogens with zero attached hydrogens (tertiary/aromatic N) is 2. The summed E-state index contributed by atoms with van der Waals surface area (Å²) in [6, 6.07) is 3.87. The monoisotopic (exact) mass is 218 g/mol. The summed E-state index contributed by atoms with van der Waals surface area (Å²) < 4.78 is 2.08. The van der Waals surface area contributed by atoms with E-state index in [1.807, 2.05) is 24.5 Å². The van der Waals surface area contributed by atoms with Gasteiger partial charge in [-0.3, -0.25) is 0 Å². The number of aromatic nitrogens is 2. The molecule has 2 aromatic rings. The molecule has 0 aliphatic carbocycles. The lowest BCUT2D eigenvalue weighted by molar-refractivity contribution is 0.199. The molecule has 16 heavy (non-hydrogen) atoms. The third-order valence-corrected chi connectivity index (χ3v) is 2.79. The van der Waals surface area contributed by atoms with Gasteiger partial charge in [-0.1, -0.05) is 20.8 Å². The highest BCUT2D eigenvalue weighted by atomic mass is 16.3. The van der Waals surface area contributed by atoms with Gasteiger partial charge in [0.05, 0.1) is 6.10 Å². The van der Waals surface area contributed by atoms with Crippen molar-refractivity contribution >= 4 is 5.65 Å². The Balaban J connectivity index is 2.59. The lowest BCUT2D eigenvalue weighted by Crippen LogP contribution is -2.14. The molecule has 86 valence electrons. The first-order valence-corrected chi connectivity index (χ1v) is 5.55. The zero-order valence-electron chi connectivity index (χ0n) is 10.2. The number of hydrogen-bond acceptors (Lipinski definition) is 2. The number of hydrogen-bond donors (Lipinski definition) is 1. The predicted octanol–water partition coefficient (Wildman–Crippen LogP) is 2.69. The molecule has 3 nitrogen and oxygen atoms in total. The Hall–Kier alpha value is -1.35. The van der Waals surface area contributed by atoms with Crippen LogP contribution in [0.4, 0.5) is 0 Å². The average Bonchev–Trinajstić information content (AvgIpc) is 2.58. The number of fused-ring (bicyclic) bond motifs is 1. The molecule has 1 unspecified atom stereocenters. The Morgan fingerprint density at radius 2 is 2.06 bits per heavy atom. The molecule has 0 aliphatic rings. The van der Waals surface area contributed by atoms with Crippen molar-refractivity contribution in [2.24, 2.45) is 0 Å². The quantitative estimate of drug-likeness (QED) is 0.799. The minimum absolute atomic E-state index is 0.0752. The van der Waals surface area contributed by atoms with Gasteiger partial charge in [0, 0.05) is 23.5 Å². The summed E-state index contributed by atoms with van der Waals surface area (Å²) >= 11 is 0. The van der Waals surface area contributed by atoms with E-state index in [4.69, 9.17) is 0 Å². The first-order chi connectivity index (χ1) is 7.39. The summed E-state index contributed by atoms with van der Waals surface area (Å²) in [7, 11) is 0. The zero-order valence-corrected chi connectivity index (χ0v) is 10.2. The summed E-state index contributed by atoms with van der Waals surface area (Å²) in [5.41, 5.74) is 3.05. The number of rotatable bonds is 1. The molecule has 0 spiro atoms. The molecular weight excluding hydrogens is 200 g/mol. The van der Waals surface area contributed by atoms with Crippen LogP contribution in [0.25, 0.3) is 5.65 Å². The predicted molar refractivity (Wildman–Crippen MR) is 64.5 cm³/mol. The van der Waals surface area contributed by atoms with Crippen molar-refractivity contribution in [1.29, 1.82) is 0 Å². The van der Waals surface area contributed by atoms with Gasteiger partial charge in [-0.2, -0.15) is 0 Å². The lowest BCUT2D eigenvalue weighted by Gasteiger charge is -2.17. The summed E-state index contributed by atoms with van der Waals surface area (Å²) in [5.74, 6) is 0. The smallest absolute Gasteiger partial charge is 0.137 e. The molecule has 0 saturated heterocycles. The standard InChI is InChI=1S/C13H18N2O/c1-9(16)10-5-6-15-11(13(2,3)4)8-14-12(15)7-10/h5-9,16H,1-4H3. The van der Waals surface area contributed by atoms with Crippen LogP contribution < -0.4 is 0 Å². The van der Waals surface area contributed by atoms with E-state index in [1.54, 1.807) is 6.92 Å². The molecule has 0 radical (unpaired) electrons. The molecule has 0 aromatic carbocycles. The van der Waals surface area contributed by atoms with Crippen molar-refractivity contribution in [1.82, 2.24) is 9.38 Å². The van der Waals surface area contributed by atoms with Crippen molar-refractivity contribution in [3.05, 3.63) is 35.8 Å². The van der Waals surface area contributed by atoms with Crippen molar-refractivity contribution in [2.75, 3.05) is 0 Å². The molecule has 1 atom stereocenters. The third-order valence-electron chi connectivity index (χ3n) is 2.79. The number of aliphatic hydroxyl groups excluding tert-OH is 1. The van der Waals surface area contributed by atoms with E-state index in [0.29, 0.717) is 0 Å². The van der Waals surface area contributed by atoms with E-state index in [0.717, 1.165) is 11.2 Å². The Bertz CT molecular complexity index is 506. The number of pyridine rings is 1. The highest BCUT2D eigenvalue weighted by Gasteiger charge is 2.18. The first-order valence-electron chi connectivity index (χ1n) is 5.55. The molecule has 2 rings (SSSR count). The largest absolute Gasteiger partial charge is 0.389 e. The molecule has 2 heterocycles.